The Morgan fingerprint density at radius 1 is 1.15 bits per heavy atom. The van der Waals surface area contributed by atoms with Crippen LogP contribution in [0.5, 0.6) is 0 Å². The molecule has 0 saturated heterocycles. The van der Waals surface area contributed by atoms with Crippen molar-refractivity contribution in [3.8, 4) is 0 Å². The molecule has 0 fully saturated rings. The predicted octanol–water partition coefficient (Wildman–Crippen LogP) is 4.29. The maximum Gasteiger partial charge on any atom is 0.259 e. The molecule has 26 heavy (non-hydrogen) atoms. The molecule has 130 valence electrons. The molecule has 1 aromatic heterocycles. The number of anilines is 1. The number of carbonyl (C=O) groups is 2. The Balaban J connectivity index is 1.70. The van der Waals surface area contributed by atoms with Crippen molar-refractivity contribution < 1.29 is 9.59 Å². The third kappa shape index (κ3) is 2.30. The van der Waals surface area contributed by atoms with Crippen molar-refractivity contribution in [3.05, 3.63) is 77.6 Å². The molecule has 0 N–H and O–H groups in total. The van der Waals surface area contributed by atoms with Gasteiger partial charge in [-0.2, -0.15) is 0 Å². The minimum absolute atomic E-state index is 0.0466. The first-order valence-corrected chi connectivity index (χ1v) is 8.67. The van der Waals surface area contributed by atoms with Gasteiger partial charge in [0.05, 0.1) is 12.2 Å². The molecule has 0 unspecified atom stereocenters. The number of aromatic nitrogens is 1. The largest absolute Gasteiger partial charge is 0.345 e. The summed E-state index contributed by atoms with van der Waals surface area (Å²) in [6.45, 7) is 8.40. The summed E-state index contributed by atoms with van der Waals surface area (Å²) in [6, 6.07) is 13.4. The SMILES string of the molecule is C=CCn1c(C)cc(C(=O)CN2C(=O)c3cccc4cccc2c34)c1C. The monoisotopic (exact) mass is 344 g/mol. The number of Topliss-reactive ketones (excluding diaryl/α,β-unsaturated/α-hetero) is 1. The fourth-order valence-corrected chi connectivity index (χ4v) is 3.86. The van der Waals surface area contributed by atoms with Crippen molar-refractivity contribution >= 4 is 28.2 Å². The van der Waals surface area contributed by atoms with Gasteiger partial charge < -0.3 is 4.57 Å². The molecule has 0 radical (unpaired) electrons. The van der Waals surface area contributed by atoms with Gasteiger partial charge in [-0.25, -0.2) is 0 Å². The van der Waals surface area contributed by atoms with Crippen LogP contribution in [0.1, 0.15) is 32.1 Å². The molecule has 1 aliphatic heterocycles. The summed E-state index contributed by atoms with van der Waals surface area (Å²) >= 11 is 0. The molecule has 0 aliphatic carbocycles. The molecule has 4 heteroatoms. The van der Waals surface area contributed by atoms with Gasteiger partial charge in [-0.05, 0) is 37.4 Å². The van der Waals surface area contributed by atoms with Crippen LogP contribution in [0.25, 0.3) is 10.8 Å². The first-order valence-electron chi connectivity index (χ1n) is 8.67. The van der Waals surface area contributed by atoms with Gasteiger partial charge in [-0.15, -0.1) is 6.58 Å². The average Bonchev–Trinajstić information content (AvgIpc) is 3.07. The van der Waals surface area contributed by atoms with Gasteiger partial charge in [-0.1, -0.05) is 30.3 Å². The van der Waals surface area contributed by atoms with Crippen LogP contribution in [0, 0.1) is 13.8 Å². The normalized spacial score (nSPS) is 12.8. The Morgan fingerprint density at radius 3 is 2.62 bits per heavy atom. The number of ketones is 1. The lowest BCUT2D eigenvalue weighted by Gasteiger charge is -2.17. The fraction of sp³-hybridized carbons (Fsp3) is 0.182. The van der Waals surface area contributed by atoms with Gasteiger partial charge in [0.1, 0.15) is 0 Å². The van der Waals surface area contributed by atoms with Gasteiger partial charge in [-0.3, -0.25) is 14.5 Å². The van der Waals surface area contributed by atoms with Crippen molar-refractivity contribution in [3.63, 3.8) is 0 Å². The van der Waals surface area contributed by atoms with E-state index in [1.807, 2.05) is 62.4 Å². The molecule has 2 heterocycles. The summed E-state index contributed by atoms with van der Waals surface area (Å²) in [5.74, 6) is -0.156. The maximum absolute atomic E-state index is 13.0. The molecule has 1 amide bonds. The summed E-state index contributed by atoms with van der Waals surface area (Å²) in [4.78, 5) is 27.4. The van der Waals surface area contributed by atoms with Gasteiger partial charge in [0.25, 0.3) is 5.91 Å². The summed E-state index contributed by atoms with van der Waals surface area (Å²) in [5.41, 5.74) is 4.08. The zero-order valence-electron chi connectivity index (χ0n) is 15.0. The van der Waals surface area contributed by atoms with Crippen molar-refractivity contribution in [2.45, 2.75) is 20.4 Å². The molecular weight excluding hydrogens is 324 g/mol. The van der Waals surface area contributed by atoms with Crippen LogP contribution in [0.3, 0.4) is 0 Å². The minimum Gasteiger partial charge on any atom is -0.345 e. The van der Waals surface area contributed by atoms with E-state index in [2.05, 4.69) is 11.1 Å². The zero-order valence-corrected chi connectivity index (χ0v) is 15.0. The van der Waals surface area contributed by atoms with Gasteiger partial charge in [0.2, 0.25) is 0 Å². The van der Waals surface area contributed by atoms with Crippen LogP contribution in [-0.2, 0) is 6.54 Å². The molecular formula is C22H20N2O2. The van der Waals surface area contributed by atoms with E-state index in [4.69, 9.17) is 0 Å². The van der Waals surface area contributed by atoms with E-state index >= 15 is 0 Å². The molecule has 0 atom stereocenters. The topological polar surface area (TPSA) is 42.3 Å². The number of carbonyl (C=O) groups excluding carboxylic acids is 2. The molecule has 1 aliphatic rings. The Bertz CT molecular complexity index is 1070. The Hall–Kier alpha value is -3.14. The number of benzene rings is 2. The van der Waals surface area contributed by atoms with Crippen molar-refractivity contribution in [1.82, 2.24) is 4.57 Å². The Morgan fingerprint density at radius 2 is 1.88 bits per heavy atom. The van der Waals surface area contributed by atoms with Crippen LogP contribution < -0.4 is 4.90 Å². The number of aryl methyl sites for hydroxylation is 1. The lowest BCUT2D eigenvalue weighted by atomic mass is 10.1. The maximum atomic E-state index is 13.0. The van der Waals surface area contributed by atoms with Crippen LogP contribution in [0.4, 0.5) is 5.69 Å². The molecule has 0 spiro atoms. The van der Waals surface area contributed by atoms with Crippen molar-refractivity contribution in [2.24, 2.45) is 0 Å². The molecule has 0 bridgehead atoms. The Kier molecular flexibility index (Phi) is 3.76. The van der Waals surface area contributed by atoms with Crippen molar-refractivity contribution in [1.29, 1.82) is 0 Å². The number of rotatable bonds is 5. The summed E-state index contributed by atoms with van der Waals surface area (Å²) in [5, 5.41) is 1.96. The first-order chi connectivity index (χ1) is 12.5. The number of nitrogens with zero attached hydrogens (tertiary/aromatic N) is 2. The van der Waals surface area contributed by atoms with Crippen LogP contribution in [0.15, 0.2) is 55.1 Å². The number of allylic oxidation sites excluding steroid dienone is 1. The summed E-state index contributed by atoms with van der Waals surface area (Å²) in [7, 11) is 0. The van der Waals surface area contributed by atoms with E-state index in [-0.39, 0.29) is 18.2 Å². The summed E-state index contributed by atoms with van der Waals surface area (Å²) in [6.07, 6.45) is 1.82. The van der Waals surface area contributed by atoms with E-state index in [0.717, 1.165) is 27.8 Å². The average molecular weight is 344 g/mol. The smallest absolute Gasteiger partial charge is 0.259 e. The third-order valence-corrected chi connectivity index (χ3v) is 5.14. The highest BCUT2D eigenvalue weighted by molar-refractivity contribution is 6.26. The van der Waals surface area contributed by atoms with E-state index in [1.165, 1.54) is 0 Å². The standard InChI is InChI=1S/C22H20N2O2/c1-4-11-23-14(2)12-18(15(23)3)20(25)13-24-19-10-6-8-16-7-5-9-17(21(16)19)22(24)26/h4-10,12H,1,11,13H2,2-3H3. The van der Waals surface area contributed by atoms with E-state index < -0.39 is 0 Å². The van der Waals surface area contributed by atoms with E-state index in [9.17, 15) is 9.59 Å². The third-order valence-electron chi connectivity index (χ3n) is 5.14. The quantitative estimate of drug-likeness (QED) is 0.512. The number of hydrogen-bond acceptors (Lipinski definition) is 2. The highest BCUT2D eigenvalue weighted by atomic mass is 16.2. The molecule has 4 rings (SSSR count). The van der Waals surface area contributed by atoms with Crippen LogP contribution >= 0.6 is 0 Å². The lowest BCUT2D eigenvalue weighted by Crippen LogP contribution is -2.32. The van der Waals surface area contributed by atoms with Gasteiger partial charge in [0, 0.05) is 34.4 Å². The van der Waals surface area contributed by atoms with Gasteiger partial charge >= 0.3 is 0 Å². The highest BCUT2D eigenvalue weighted by Gasteiger charge is 2.31. The highest BCUT2D eigenvalue weighted by Crippen LogP contribution is 2.37. The summed E-state index contributed by atoms with van der Waals surface area (Å²) < 4.78 is 2.06. The van der Waals surface area contributed by atoms with Crippen LogP contribution in [-0.4, -0.2) is 22.8 Å². The molecule has 2 aromatic carbocycles. The second-order valence-corrected chi connectivity index (χ2v) is 6.68. The fourth-order valence-electron chi connectivity index (χ4n) is 3.86. The first kappa shape index (κ1) is 16.3. The molecule has 3 aromatic rings. The van der Waals surface area contributed by atoms with E-state index in [1.54, 1.807) is 4.90 Å². The van der Waals surface area contributed by atoms with Gasteiger partial charge in [0.15, 0.2) is 5.78 Å². The lowest BCUT2D eigenvalue weighted by molar-refractivity contribution is 0.0941. The molecule has 4 nitrogen and oxygen atoms in total. The number of amides is 1. The van der Waals surface area contributed by atoms with Crippen LogP contribution in [0.2, 0.25) is 0 Å². The minimum atomic E-state index is -0.106. The second kappa shape index (κ2) is 5.99. The Labute approximate surface area is 152 Å². The zero-order chi connectivity index (χ0) is 18.4. The van der Waals surface area contributed by atoms with Crippen molar-refractivity contribution in [2.75, 3.05) is 11.4 Å². The predicted molar refractivity (Wildman–Crippen MR) is 104 cm³/mol. The molecule has 0 saturated carbocycles. The van der Waals surface area contributed by atoms with E-state index in [0.29, 0.717) is 17.7 Å². The number of hydrogen-bond donors (Lipinski definition) is 0. The second-order valence-electron chi connectivity index (χ2n) is 6.68.